The summed E-state index contributed by atoms with van der Waals surface area (Å²) in [4.78, 5) is 0. The highest BCUT2D eigenvalue weighted by Crippen LogP contribution is 2.49. The summed E-state index contributed by atoms with van der Waals surface area (Å²) < 4.78 is 1.32. The van der Waals surface area contributed by atoms with Gasteiger partial charge < -0.3 is 0 Å². The SMILES string of the molecule is [B]C1([B])Cn2nnnc2C([B])([B])C([B])([B])C1. The number of hydrogen-bond donors (Lipinski definition) is 0. The van der Waals surface area contributed by atoms with Crippen LogP contribution in [-0.2, 0) is 11.8 Å². The van der Waals surface area contributed by atoms with Crippen LogP contribution in [-0.4, -0.2) is 67.3 Å². The summed E-state index contributed by atoms with van der Waals surface area (Å²) in [6.07, 6.45) is 0.0258. The van der Waals surface area contributed by atoms with Gasteiger partial charge in [-0.2, -0.15) is 0 Å². The van der Waals surface area contributed by atoms with Crippen LogP contribution in [0, 0.1) is 0 Å². The largest absolute Gasteiger partial charge is 0.232 e. The predicted octanol–water partition coefficient (Wildman–Crippen LogP) is -2.53. The van der Waals surface area contributed by atoms with Gasteiger partial charge in [-0.1, -0.05) is 11.6 Å². The molecule has 12 radical (unpaired) electrons. The third kappa shape index (κ3) is 1.66. The second-order valence-corrected chi connectivity index (χ2v) is 4.48. The van der Waals surface area contributed by atoms with Crippen molar-refractivity contribution in [3.63, 3.8) is 0 Å². The molecule has 66 valence electrons. The van der Waals surface area contributed by atoms with Gasteiger partial charge in [0.05, 0.1) is 47.1 Å². The Morgan fingerprint density at radius 2 is 1.69 bits per heavy atom. The smallest absolute Gasteiger partial charge is 0.139 e. The van der Waals surface area contributed by atoms with Crippen LogP contribution in [0.2, 0.25) is 10.4 Å². The lowest BCUT2D eigenvalue weighted by atomic mass is 9.26. The first-order valence-corrected chi connectivity index (χ1v) is 4.66. The Bertz CT molecular complexity index is 413. The second kappa shape index (κ2) is 3.23. The summed E-state index contributed by atoms with van der Waals surface area (Å²) in [5.41, 5.74) is 0. The molecule has 0 fully saturated rings. The van der Waals surface area contributed by atoms with Crippen LogP contribution in [0.3, 0.4) is 0 Å². The average Bonchev–Trinajstić information content (AvgIpc) is 2.46. The highest BCUT2D eigenvalue weighted by Gasteiger charge is 2.45. The second-order valence-electron chi connectivity index (χ2n) is 4.48. The van der Waals surface area contributed by atoms with Crippen molar-refractivity contribution in [2.75, 3.05) is 0 Å². The van der Waals surface area contributed by atoms with Crippen molar-refractivity contribution in [2.24, 2.45) is 0 Å². The lowest BCUT2D eigenvalue weighted by Crippen LogP contribution is -2.44. The zero-order valence-electron chi connectivity index (χ0n) is 8.67. The van der Waals surface area contributed by atoms with E-state index < -0.39 is 15.6 Å². The molecule has 2 heterocycles. The van der Waals surface area contributed by atoms with Crippen molar-refractivity contribution in [1.82, 2.24) is 20.2 Å². The van der Waals surface area contributed by atoms with Gasteiger partial charge in [-0.25, -0.2) is 4.68 Å². The molecule has 10 heteroatoms. The molecule has 0 bridgehead atoms. The number of aromatic nitrogens is 4. The summed E-state index contributed by atoms with van der Waals surface area (Å²) >= 11 is 0. The molecule has 0 saturated heterocycles. The molecule has 1 aromatic rings. The fourth-order valence-electron chi connectivity index (χ4n) is 1.84. The summed E-state index contributed by atoms with van der Waals surface area (Å²) in [5.74, 6) is 0.162. The van der Waals surface area contributed by atoms with Crippen molar-refractivity contribution in [3.8, 4) is 0 Å². The Kier molecular flexibility index (Phi) is 2.41. The Labute approximate surface area is 102 Å². The summed E-state index contributed by atoms with van der Waals surface area (Å²) in [5, 5.41) is 6.59. The van der Waals surface area contributed by atoms with E-state index >= 15 is 0 Å². The molecule has 2 rings (SSSR count). The van der Waals surface area contributed by atoms with Gasteiger partial charge in [-0.05, 0) is 15.6 Å². The standard InChI is InChI=1S/C6H4B6N4/c7-4(8)1-5(9,10)6(11,12)3-13-14-15-16(3)2-4/h1-2H2. The van der Waals surface area contributed by atoms with Crippen molar-refractivity contribution in [1.29, 1.82) is 0 Å². The molecule has 0 aromatic carbocycles. The van der Waals surface area contributed by atoms with E-state index in [1.54, 1.807) is 0 Å². The first kappa shape index (κ1) is 11.9. The van der Waals surface area contributed by atoms with Crippen molar-refractivity contribution in [3.05, 3.63) is 5.82 Å². The maximum Gasteiger partial charge on any atom is 0.139 e. The van der Waals surface area contributed by atoms with Gasteiger partial charge in [0.1, 0.15) is 5.82 Å². The normalized spacial score (nSPS) is 25.5. The lowest BCUT2D eigenvalue weighted by molar-refractivity contribution is 0.513. The Morgan fingerprint density at radius 3 is 2.31 bits per heavy atom. The van der Waals surface area contributed by atoms with E-state index in [0.29, 0.717) is 0 Å². The minimum Gasteiger partial charge on any atom is -0.232 e. The van der Waals surface area contributed by atoms with Gasteiger partial charge in [0.15, 0.2) is 0 Å². The van der Waals surface area contributed by atoms with Crippen molar-refractivity contribution in [2.45, 2.75) is 28.6 Å². The molecule has 0 saturated carbocycles. The molecule has 0 N–H and O–H groups in total. The van der Waals surface area contributed by atoms with E-state index in [0.717, 1.165) is 0 Å². The van der Waals surface area contributed by atoms with Crippen molar-refractivity contribution < 1.29 is 0 Å². The molecule has 1 aliphatic rings. The molecule has 1 aliphatic heterocycles. The van der Waals surface area contributed by atoms with E-state index in [1.165, 1.54) is 4.68 Å². The number of hydrogen-bond acceptors (Lipinski definition) is 3. The zero-order chi connectivity index (χ0) is 12.2. The molecule has 1 aromatic heterocycles. The first-order valence-electron chi connectivity index (χ1n) is 4.66. The topological polar surface area (TPSA) is 43.6 Å². The average molecular weight is 197 g/mol. The highest BCUT2D eigenvalue weighted by molar-refractivity contribution is 6.55. The quantitative estimate of drug-likeness (QED) is 0.431. The Balaban J connectivity index is 2.59. The predicted molar refractivity (Wildman–Crippen MR) is 64.0 cm³/mol. The number of fused-ring (bicyclic) bond motifs is 1. The molecular weight excluding hydrogens is 193 g/mol. The summed E-state index contributed by atoms with van der Waals surface area (Å²) in [6, 6.07) is 0. The fourth-order valence-corrected chi connectivity index (χ4v) is 1.84. The van der Waals surface area contributed by atoms with Crippen LogP contribution < -0.4 is 0 Å². The van der Waals surface area contributed by atoms with Crippen LogP contribution >= 0.6 is 0 Å². The third-order valence-corrected chi connectivity index (χ3v) is 2.74. The van der Waals surface area contributed by atoms with Crippen LogP contribution in [0.1, 0.15) is 12.2 Å². The fraction of sp³-hybridized carbons (Fsp3) is 0.833. The van der Waals surface area contributed by atoms with E-state index in [1.807, 2.05) is 0 Å². The van der Waals surface area contributed by atoms with Crippen LogP contribution in [0.5, 0.6) is 0 Å². The van der Waals surface area contributed by atoms with Gasteiger partial charge in [-0.15, -0.1) is 10.3 Å². The van der Waals surface area contributed by atoms with E-state index in [4.69, 9.17) is 47.1 Å². The maximum atomic E-state index is 5.89. The number of nitrogens with zero attached hydrogens (tertiary/aromatic N) is 4. The monoisotopic (exact) mass is 198 g/mol. The molecule has 0 amide bonds. The number of rotatable bonds is 0. The van der Waals surface area contributed by atoms with E-state index in [2.05, 4.69) is 15.5 Å². The molecule has 0 spiro atoms. The molecule has 0 aliphatic carbocycles. The van der Waals surface area contributed by atoms with E-state index in [-0.39, 0.29) is 18.8 Å². The Morgan fingerprint density at radius 1 is 1.06 bits per heavy atom. The minimum atomic E-state index is -1.60. The first-order chi connectivity index (χ1) is 7.16. The van der Waals surface area contributed by atoms with Crippen LogP contribution in [0.15, 0.2) is 0 Å². The van der Waals surface area contributed by atoms with Crippen molar-refractivity contribution >= 4 is 47.1 Å². The van der Waals surface area contributed by atoms with Crippen LogP contribution in [0.25, 0.3) is 0 Å². The summed E-state index contributed by atoms with van der Waals surface area (Å²) in [7, 11) is 35.2. The van der Waals surface area contributed by atoms with Gasteiger partial charge in [0.25, 0.3) is 0 Å². The van der Waals surface area contributed by atoms with Gasteiger partial charge in [0, 0.05) is 6.54 Å². The lowest BCUT2D eigenvalue weighted by Gasteiger charge is -2.44. The van der Waals surface area contributed by atoms with Crippen LogP contribution in [0.4, 0.5) is 0 Å². The third-order valence-electron chi connectivity index (χ3n) is 2.74. The van der Waals surface area contributed by atoms with Gasteiger partial charge >= 0.3 is 0 Å². The van der Waals surface area contributed by atoms with E-state index in [9.17, 15) is 0 Å². The molecule has 16 heavy (non-hydrogen) atoms. The molecule has 4 nitrogen and oxygen atoms in total. The number of tetrazole rings is 1. The minimum absolute atomic E-state index is 0.0258. The van der Waals surface area contributed by atoms with Gasteiger partial charge in [0.2, 0.25) is 0 Å². The Hall–Kier alpha value is -0.540. The highest BCUT2D eigenvalue weighted by atomic mass is 15.5. The maximum absolute atomic E-state index is 5.89. The molecular formula is C6H4B6N4. The molecule has 0 atom stereocenters. The van der Waals surface area contributed by atoms with Gasteiger partial charge in [-0.3, -0.25) is 0 Å². The molecule has 0 unspecified atom stereocenters. The zero-order valence-corrected chi connectivity index (χ0v) is 8.67. The summed E-state index contributed by atoms with van der Waals surface area (Å²) in [6.45, 7) is 0.141.